The SMILES string of the molecule is O=C(Nc1ccccc1C(=O)NC[C@@H]1CCCO1)c1cccc(OCc2ccccc2Cl)c1. The van der Waals surface area contributed by atoms with Crippen molar-refractivity contribution >= 4 is 29.1 Å². The number of benzene rings is 3. The Balaban J connectivity index is 1.40. The van der Waals surface area contributed by atoms with E-state index in [0.29, 0.717) is 40.7 Å². The lowest BCUT2D eigenvalue weighted by Gasteiger charge is -2.14. The quantitative estimate of drug-likeness (QED) is 0.487. The summed E-state index contributed by atoms with van der Waals surface area (Å²) in [6.07, 6.45) is 1.99. The molecule has 3 aromatic carbocycles. The van der Waals surface area contributed by atoms with Gasteiger partial charge in [0, 0.05) is 29.3 Å². The third-order valence-electron chi connectivity index (χ3n) is 5.38. The highest BCUT2D eigenvalue weighted by Crippen LogP contribution is 2.21. The van der Waals surface area contributed by atoms with E-state index < -0.39 is 0 Å². The number of ether oxygens (including phenoxy) is 2. The van der Waals surface area contributed by atoms with Crippen molar-refractivity contribution in [1.82, 2.24) is 5.32 Å². The van der Waals surface area contributed by atoms with Gasteiger partial charge >= 0.3 is 0 Å². The number of hydrogen-bond donors (Lipinski definition) is 2. The minimum Gasteiger partial charge on any atom is -0.489 e. The zero-order valence-electron chi connectivity index (χ0n) is 18.1. The zero-order valence-corrected chi connectivity index (χ0v) is 18.8. The number of para-hydroxylation sites is 1. The Hall–Kier alpha value is -3.35. The van der Waals surface area contributed by atoms with E-state index in [9.17, 15) is 9.59 Å². The predicted octanol–water partition coefficient (Wildman–Crippen LogP) is 5.08. The summed E-state index contributed by atoms with van der Waals surface area (Å²) in [6, 6.07) is 21.2. The molecule has 4 rings (SSSR count). The largest absolute Gasteiger partial charge is 0.489 e. The molecule has 1 fully saturated rings. The summed E-state index contributed by atoms with van der Waals surface area (Å²) >= 11 is 6.18. The monoisotopic (exact) mass is 464 g/mol. The highest BCUT2D eigenvalue weighted by Gasteiger charge is 2.19. The first kappa shape index (κ1) is 22.8. The van der Waals surface area contributed by atoms with Gasteiger partial charge in [-0.05, 0) is 49.2 Å². The van der Waals surface area contributed by atoms with Crippen molar-refractivity contribution in [2.75, 3.05) is 18.5 Å². The van der Waals surface area contributed by atoms with Gasteiger partial charge in [0.15, 0.2) is 0 Å². The molecule has 0 bridgehead atoms. The lowest BCUT2D eigenvalue weighted by molar-refractivity contribution is 0.0858. The Morgan fingerprint density at radius 3 is 2.64 bits per heavy atom. The van der Waals surface area contributed by atoms with E-state index in [1.54, 1.807) is 54.6 Å². The molecule has 1 saturated heterocycles. The smallest absolute Gasteiger partial charge is 0.255 e. The van der Waals surface area contributed by atoms with Gasteiger partial charge in [-0.2, -0.15) is 0 Å². The number of nitrogens with one attached hydrogen (secondary N) is 2. The van der Waals surface area contributed by atoms with E-state index in [1.165, 1.54) is 0 Å². The van der Waals surface area contributed by atoms with Gasteiger partial charge in [0.25, 0.3) is 11.8 Å². The fourth-order valence-corrected chi connectivity index (χ4v) is 3.79. The summed E-state index contributed by atoms with van der Waals surface area (Å²) in [6.45, 7) is 1.47. The van der Waals surface area contributed by atoms with Crippen LogP contribution in [-0.4, -0.2) is 31.1 Å². The summed E-state index contributed by atoms with van der Waals surface area (Å²) in [5.41, 5.74) is 2.11. The van der Waals surface area contributed by atoms with Crippen molar-refractivity contribution < 1.29 is 19.1 Å². The molecule has 2 N–H and O–H groups in total. The fraction of sp³-hybridized carbons (Fsp3) is 0.231. The lowest BCUT2D eigenvalue weighted by Crippen LogP contribution is -2.32. The van der Waals surface area contributed by atoms with E-state index in [4.69, 9.17) is 21.1 Å². The van der Waals surface area contributed by atoms with Crippen LogP contribution in [0.1, 0.15) is 39.1 Å². The third-order valence-corrected chi connectivity index (χ3v) is 5.75. The number of rotatable bonds is 8. The fourth-order valence-electron chi connectivity index (χ4n) is 3.60. The molecule has 0 aliphatic carbocycles. The Kier molecular flexibility index (Phi) is 7.60. The molecule has 0 radical (unpaired) electrons. The van der Waals surface area contributed by atoms with Crippen molar-refractivity contribution in [2.45, 2.75) is 25.6 Å². The molecule has 0 unspecified atom stereocenters. The normalized spacial score (nSPS) is 15.1. The third kappa shape index (κ3) is 6.12. The number of halogens is 1. The van der Waals surface area contributed by atoms with Crippen LogP contribution in [0.15, 0.2) is 72.8 Å². The molecule has 1 aliphatic rings. The molecule has 3 aromatic rings. The predicted molar refractivity (Wildman–Crippen MR) is 128 cm³/mol. The van der Waals surface area contributed by atoms with Crippen molar-refractivity contribution in [3.63, 3.8) is 0 Å². The summed E-state index contributed by atoms with van der Waals surface area (Å²) in [4.78, 5) is 25.6. The first-order valence-electron chi connectivity index (χ1n) is 10.9. The maximum atomic E-state index is 12.9. The van der Waals surface area contributed by atoms with Gasteiger partial charge < -0.3 is 20.1 Å². The van der Waals surface area contributed by atoms with Crippen LogP contribution in [0.5, 0.6) is 5.75 Å². The van der Waals surface area contributed by atoms with Crippen LogP contribution < -0.4 is 15.4 Å². The first-order valence-corrected chi connectivity index (χ1v) is 11.2. The molecule has 7 heteroatoms. The standard InChI is InChI=1S/C26H25ClN2O4/c27-23-12-3-1-7-19(23)17-33-20-9-5-8-18(15-20)25(30)29-24-13-4-2-11-22(24)26(31)28-16-21-10-6-14-32-21/h1-5,7-9,11-13,15,21H,6,10,14,16-17H2,(H,28,31)(H,29,30)/t21-/m0/s1. The van der Waals surface area contributed by atoms with Crippen LogP contribution >= 0.6 is 11.6 Å². The Bertz CT molecular complexity index is 1130. The average Bonchev–Trinajstić information content (AvgIpc) is 3.36. The summed E-state index contributed by atoms with van der Waals surface area (Å²) < 4.78 is 11.4. The summed E-state index contributed by atoms with van der Waals surface area (Å²) in [5, 5.41) is 6.36. The van der Waals surface area contributed by atoms with E-state index in [2.05, 4.69) is 10.6 Å². The van der Waals surface area contributed by atoms with Gasteiger partial charge in [0.05, 0.1) is 17.4 Å². The second kappa shape index (κ2) is 11.0. The maximum Gasteiger partial charge on any atom is 0.255 e. The van der Waals surface area contributed by atoms with Gasteiger partial charge in [-0.3, -0.25) is 9.59 Å². The molecule has 2 amide bonds. The van der Waals surface area contributed by atoms with E-state index in [1.807, 2.05) is 18.2 Å². The van der Waals surface area contributed by atoms with Crippen molar-refractivity contribution in [1.29, 1.82) is 0 Å². The molecule has 33 heavy (non-hydrogen) atoms. The molecule has 1 atom stereocenters. The zero-order chi connectivity index (χ0) is 23.0. The van der Waals surface area contributed by atoms with E-state index in [0.717, 1.165) is 25.0 Å². The van der Waals surface area contributed by atoms with Gasteiger partial charge in [-0.15, -0.1) is 0 Å². The molecule has 0 aromatic heterocycles. The topological polar surface area (TPSA) is 76.7 Å². The molecular weight excluding hydrogens is 440 g/mol. The van der Waals surface area contributed by atoms with Gasteiger partial charge in [0.2, 0.25) is 0 Å². The number of amides is 2. The average molecular weight is 465 g/mol. The number of carbonyl (C=O) groups excluding carboxylic acids is 2. The van der Waals surface area contributed by atoms with Crippen LogP contribution in [0.3, 0.4) is 0 Å². The van der Waals surface area contributed by atoms with Crippen molar-refractivity contribution in [3.8, 4) is 5.75 Å². The van der Waals surface area contributed by atoms with Gasteiger partial charge in [0.1, 0.15) is 12.4 Å². The maximum absolute atomic E-state index is 12.9. The minimum atomic E-state index is -0.336. The molecule has 1 heterocycles. The second-order valence-electron chi connectivity index (χ2n) is 7.75. The highest BCUT2D eigenvalue weighted by molar-refractivity contribution is 6.31. The van der Waals surface area contributed by atoms with Crippen LogP contribution in [0.25, 0.3) is 0 Å². The van der Waals surface area contributed by atoms with Gasteiger partial charge in [-0.1, -0.05) is 48.0 Å². The van der Waals surface area contributed by atoms with Crippen LogP contribution in [0.4, 0.5) is 5.69 Å². The molecule has 0 saturated carbocycles. The Morgan fingerprint density at radius 2 is 1.82 bits per heavy atom. The number of carbonyl (C=O) groups is 2. The highest BCUT2D eigenvalue weighted by atomic mass is 35.5. The minimum absolute atomic E-state index is 0.0456. The van der Waals surface area contributed by atoms with Crippen molar-refractivity contribution in [2.24, 2.45) is 0 Å². The van der Waals surface area contributed by atoms with Crippen LogP contribution in [0.2, 0.25) is 5.02 Å². The molecule has 0 spiro atoms. The Morgan fingerprint density at radius 1 is 1.00 bits per heavy atom. The number of anilines is 1. The van der Waals surface area contributed by atoms with Crippen LogP contribution in [0, 0.1) is 0 Å². The van der Waals surface area contributed by atoms with Crippen molar-refractivity contribution in [3.05, 3.63) is 94.5 Å². The number of hydrogen-bond acceptors (Lipinski definition) is 4. The van der Waals surface area contributed by atoms with E-state index >= 15 is 0 Å². The van der Waals surface area contributed by atoms with E-state index in [-0.39, 0.29) is 17.9 Å². The lowest BCUT2D eigenvalue weighted by atomic mass is 10.1. The Labute approximate surface area is 197 Å². The second-order valence-corrected chi connectivity index (χ2v) is 8.16. The molecule has 1 aliphatic heterocycles. The summed E-state index contributed by atoms with van der Waals surface area (Å²) in [7, 11) is 0. The van der Waals surface area contributed by atoms with Gasteiger partial charge in [-0.25, -0.2) is 0 Å². The summed E-state index contributed by atoms with van der Waals surface area (Å²) in [5.74, 6) is -0.0408. The first-order chi connectivity index (χ1) is 16.1. The molecule has 170 valence electrons. The van der Waals surface area contributed by atoms with Crippen LogP contribution in [-0.2, 0) is 11.3 Å². The molecule has 6 nitrogen and oxygen atoms in total. The molecular formula is C26H25ClN2O4.